The van der Waals surface area contributed by atoms with Crippen LogP contribution in [-0.4, -0.2) is 34.7 Å². The summed E-state index contributed by atoms with van der Waals surface area (Å²) < 4.78 is 0. The van der Waals surface area contributed by atoms with E-state index in [0.717, 1.165) is 25.3 Å². The number of β-amino-alcohol motifs (C(OH)–C–C–N with tert-alkyl or cyclic N) is 1. The van der Waals surface area contributed by atoms with Gasteiger partial charge in [-0.1, -0.05) is 13.3 Å². The van der Waals surface area contributed by atoms with Crippen molar-refractivity contribution in [2.75, 3.05) is 13.1 Å². The lowest BCUT2D eigenvalue weighted by Gasteiger charge is -2.46. The molecule has 88 valence electrons. The zero-order chi connectivity index (χ0) is 10.9. The highest BCUT2D eigenvalue weighted by molar-refractivity contribution is 4.91. The summed E-state index contributed by atoms with van der Waals surface area (Å²) in [5.41, 5.74) is -0.361. The van der Waals surface area contributed by atoms with E-state index in [0.29, 0.717) is 6.04 Å². The van der Waals surface area contributed by atoms with E-state index in [9.17, 15) is 5.11 Å². The van der Waals surface area contributed by atoms with Crippen LogP contribution >= 0.6 is 0 Å². The Balaban J connectivity index is 1.81. The molecular weight excluding hydrogens is 186 g/mol. The first-order chi connectivity index (χ1) is 7.13. The van der Waals surface area contributed by atoms with Gasteiger partial charge in [0.2, 0.25) is 0 Å². The smallest absolute Gasteiger partial charge is 0.0774 e. The fraction of sp³-hybridized carbons (Fsp3) is 1.00. The van der Waals surface area contributed by atoms with Gasteiger partial charge in [0.15, 0.2) is 0 Å². The third-order valence-corrected chi connectivity index (χ3v) is 4.57. The van der Waals surface area contributed by atoms with Crippen molar-refractivity contribution in [1.29, 1.82) is 0 Å². The third-order valence-electron chi connectivity index (χ3n) is 4.57. The Morgan fingerprint density at radius 1 is 1.27 bits per heavy atom. The van der Waals surface area contributed by atoms with E-state index in [1.165, 1.54) is 32.2 Å². The number of likely N-dealkylation sites (tertiary alicyclic amines) is 1. The van der Waals surface area contributed by atoms with E-state index in [2.05, 4.69) is 18.7 Å². The van der Waals surface area contributed by atoms with Crippen LogP contribution in [0.3, 0.4) is 0 Å². The topological polar surface area (TPSA) is 23.5 Å². The molecule has 2 aliphatic rings. The van der Waals surface area contributed by atoms with Crippen molar-refractivity contribution >= 4 is 0 Å². The number of hydrogen-bond acceptors (Lipinski definition) is 2. The molecule has 1 aliphatic heterocycles. The van der Waals surface area contributed by atoms with Crippen LogP contribution in [0.4, 0.5) is 0 Å². The van der Waals surface area contributed by atoms with Crippen molar-refractivity contribution in [3.8, 4) is 0 Å². The second kappa shape index (κ2) is 4.42. The summed E-state index contributed by atoms with van der Waals surface area (Å²) >= 11 is 0. The Hall–Kier alpha value is -0.0800. The third kappa shape index (κ3) is 2.54. The monoisotopic (exact) mass is 211 g/mol. The van der Waals surface area contributed by atoms with Crippen LogP contribution in [0.2, 0.25) is 0 Å². The second-order valence-corrected chi connectivity index (χ2v) is 5.68. The van der Waals surface area contributed by atoms with E-state index in [-0.39, 0.29) is 5.60 Å². The highest BCUT2D eigenvalue weighted by Gasteiger charge is 2.37. The first-order valence-corrected chi connectivity index (χ1v) is 6.59. The van der Waals surface area contributed by atoms with Crippen LogP contribution in [0.1, 0.15) is 52.4 Å². The standard InChI is InChI=1S/C13H25NO/c1-3-12-4-7-13(15,8-5-12)10-14-9-6-11(14)2/h11-12,15H,3-10H2,1-2H3. The van der Waals surface area contributed by atoms with Gasteiger partial charge in [-0.05, 0) is 44.9 Å². The first-order valence-electron chi connectivity index (χ1n) is 6.59. The lowest BCUT2D eigenvalue weighted by atomic mass is 9.77. The Morgan fingerprint density at radius 3 is 2.33 bits per heavy atom. The summed E-state index contributed by atoms with van der Waals surface area (Å²) in [6.07, 6.45) is 7.11. The molecule has 0 radical (unpaired) electrons. The number of aliphatic hydroxyl groups is 1. The molecular formula is C13H25NO. The molecule has 1 N–H and O–H groups in total. The number of hydrogen-bond donors (Lipinski definition) is 1. The fourth-order valence-corrected chi connectivity index (χ4v) is 2.96. The molecule has 1 aliphatic carbocycles. The Morgan fingerprint density at radius 2 is 1.93 bits per heavy atom. The van der Waals surface area contributed by atoms with E-state index in [1.807, 2.05) is 0 Å². The van der Waals surface area contributed by atoms with Gasteiger partial charge in [0.1, 0.15) is 0 Å². The summed E-state index contributed by atoms with van der Waals surface area (Å²) in [5, 5.41) is 10.5. The first kappa shape index (κ1) is 11.4. The van der Waals surface area contributed by atoms with Crippen LogP contribution < -0.4 is 0 Å². The van der Waals surface area contributed by atoms with Crippen LogP contribution in [0.15, 0.2) is 0 Å². The fourth-order valence-electron chi connectivity index (χ4n) is 2.96. The molecule has 0 bridgehead atoms. The van der Waals surface area contributed by atoms with Crippen molar-refractivity contribution in [3.05, 3.63) is 0 Å². The molecule has 0 spiro atoms. The number of rotatable bonds is 3. The predicted molar refractivity (Wildman–Crippen MR) is 62.9 cm³/mol. The summed E-state index contributed by atoms with van der Waals surface area (Å²) in [5.74, 6) is 0.874. The van der Waals surface area contributed by atoms with Crippen molar-refractivity contribution in [3.63, 3.8) is 0 Å². The molecule has 0 amide bonds. The lowest BCUT2D eigenvalue weighted by molar-refractivity contribution is -0.0630. The molecule has 1 atom stereocenters. The van der Waals surface area contributed by atoms with Crippen LogP contribution in [0.25, 0.3) is 0 Å². The minimum atomic E-state index is -0.361. The Bertz CT molecular complexity index is 209. The van der Waals surface area contributed by atoms with Crippen molar-refractivity contribution in [2.45, 2.75) is 64.0 Å². The predicted octanol–water partition coefficient (Wildman–Crippen LogP) is 2.41. The van der Waals surface area contributed by atoms with Crippen molar-refractivity contribution < 1.29 is 5.11 Å². The van der Waals surface area contributed by atoms with Crippen LogP contribution in [0, 0.1) is 5.92 Å². The van der Waals surface area contributed by atoms with E-state index in [4.69, 9.17) is 0 Å². The average Bonchev–Trinajstić information content (AvgIpc) is 2.25. The maximum absolute atomic E-state index is 10.5. The SMILES string of the molecule is CCC1CCC(O)(CN2CCC2C)CC1. The van der Waals surface area contributed by atoms with Crippen molar-refractivity contribution in [2.24, 2.45) is 5.92 Å². The summed E-state index contributed by atoms with van der Waals surface area (Å²) in [7, 11) is 0. The van der Waals surface area contributed by atoms with Crippen LogP contribution in [-0.2, 0) is 0 Å². The highest BCUT2D eigenvalue weighted by atomic mass is 16.3. The van der Waals surface area contributed by atoms with Crippen LogP contribution in [0.5, 0.6) is 0 Å². The molecule has 0 aromatic heterocycles. The van der Waals surface area contributed by atoms with E-state index < -0.39 is 0 Å². The summed E-state index contributed by atoms with van der Waals surface area (Å²) in [4.78, 5) is 2.44. The molecule has 0 aromatic rings. The van der Waals surface area contributed by atoms with Crippen molar-refractivity contribution in [1.82, 2.24) is 4.90 Å². The molecule has 2 fully saturated rings. The second-order valence-electron chi connectivity index (χ2n) is 5.68. The molecule has 15 heavy (non-hydrogen) atoms. The van der Waals surface area contributed by atoms with Gasteiger partial charge in [0.05, 0.1) is 5.60 Å². The minimum absolute atomic E-state index is 0.361. The molecule has 2 rings (SSSR count). The number of nitrogens with zero attached hydrogens (tertiary/aromatic N) is 1. The molecule has 1 heterocycles. The maximum Gasteiger partial charge on any atom is 0.0774 e. The van der Waals surface area contributed by atoms with Gasteiger partial charge in [0, 0.05) is 19.1 Å². The normalized spacial score (nSPS) is 42.6. The summed E-state index contributed by atoms with van der Waals surface area (Å²) in [6, 6.07) is 0.706. The van der Waals surface area contributed by atoms with E-state index >= 15 is 0 Å². The van der Waals surface area contributed by atoms with Gasteiger partial charge in [-0.25, -0.2) is 0 Å². The van der Waals surface area contributed by atoms with Gasteiger partial charge in [-0.2, -0.15) is 0 Å². The van der Waals surface area contributed by atoms with Gasteiger partial charge >= 0.3 is 0 Å². The Kier molecular flexibility index (Phi) is 3.36. The Labute approximate surface area is 93.7 Å². The van der Waals surface area contributed by atoms with E-state index in [1.54, 1.807) is 0 Å². The minimum Gasteiger partial charge on any atom is -0.389 e. The zero-order valence-corrected chi connectivity index (χ0v) is 10.2. The molecule has 1 unspecified atom stereocenters. The van der Waals surface area contributed by atoms with Gasteiger partial charge in [-0.15, -0.1) is 0 Å². The largest absolute Gasteiger partial charge is 0.389 e. The quantitative estimate of drug-likeness (QED) is 0.775. The summed E-state index contributed by atoms with van der Waals surface area (Å²) in [6.45, 7) is 6.66. The maximum atomic E-state index is 10.5. The zero-order valence-electron chi connectivity index (χ0n) is 10.2. The average molecular weight is 211 g/mol. The molecule has 2 heteroatoms. The molecule has 2 nitrogen and oxygen atoms in total. The molecule has 1 saturated heterocycles. The lowest BCUT2D eigenvalue weighted by Crippen LogP contribution is -2.54. The van der Waals surface area contributed by atoms with Gasteiger partial charge in [0.25, 0.3) is 0 Å². The van der Waals surface area contributed by atoms with Gasteiger partial charge < -0.3 is 5.11 Å². The molecule has 0 aromatic carbocycles. The highest BCUT2D eigenvalue weighted by Crippen LogP contribution is 2.35. The van der Waals surface area contributed by atoms with Gasteiger partial charge in [-0.3, -0.25) is 4.90 Å². The molecule has 1 saturated carbocycles.